The third-order valence-electron chi connectivity index (χ3n) is 4.02. The molecule has 0 radical (unpaired) electrons. The number of pyridine rings is 1. The van der Waals surface area contributed by atoms with Crippen LogP contribution in [0.3, 0.4) is 0 Å². The number of methoxy groups -OCH3 is 1. The highest BCUT2D eigenvalue weighted by Crippen LogP contribution is 2.41. The first kappa shape index (κ1) is 15.9. The van der Waals surface area contributed by atoms with Crippen molar-refractivity contribution in [3.8, 4) is 17.0 Å². The minimum absolute atomic E-state index is 0.121. The average Bonchev–Trinajstić information content (AvgIpc) is 2.81. The van der Waals surface area contributed by atoms with Gasteiger partial charge in [-0.3, -0.25) is 24.5 Å². The van der Waals surface area contributed by atoms with E-state index in [1.165, 1.54) is 13.2 Å². The van der Waals surface area contributed by atoms with Gasteiger partial charge in [-0.2, -0.15) is 10.1 Å². The fraction of sp³-hybridized carbons (Fsp3) is 0.400. The highest BCUT2D eigenvalue weighted by atomic mass is 16.6. The van der Waals surface area contributed by atoms with Gasteiger partial charge in [-0.15, -0.1) is 0 Å². The Bertz CT molecular complexity index is 843. The second-order valence-corrected chi connectivity index (χ2v) is 5.81. The van der Waals surface area contributed by atoms with Crippen LogP contribution in [0, 0.1) is 10.1 Å². The molecule has 2 aromatic rings. The van der Waals surface area contributed by atoms with Crippen LogP contribution < -0.4 is 9.64 Å². The largest absolute Gasteiger partial charge is 0.476 e. The number of nitro groups is 1. The van der Waals surface area contributed by atoms with Crippen molar-refractivity contribution in [2.24, 2.45) is 7.05 Å². The highest BCUT2D eigenvalue weighted by molar-refractivity contribution is 6.01. The molecule has 2 aromatic heterocycles. The summed E-state index contributed by atoms with van der Waals surface area (Å²) < 4.78 is 6.67. The van der Waals surface area contributed by atoms with E-state index in [0.29, 0.717) is 22.6 Å². The molecule has 0 unspecified atom stereocenters. The van der Waals surface area contributed by atoms with Gasteiger partial charge in [0.15, 0.2) is 0 Å². The Kier molecular flexibility index (Phi) is 3.70. The van der Waals surface area contributed by atoms with Crippen LogP contribution >= 0.6 is 0 Å². The lowest BCUT2D eigenvalue weighted by molar-refractivity contribution is -0.386. The summed E-state index contributed by atoms with van der Waals surface area (Å²) in [4.78, 5) is 29.3. The Morgan fingerprint density at radius 2 is 2.08 bits per heavy atom. The molecule has 9 heteroatoms. The van der Waals surface area contributed by atoms with Gasteiger partial charge in [-0.25, -0.2) is 0 Å². The van der Waals surface area contributed by atoms with Crippen molar-refractivity contribution >= 4 is 17.4 Å². The number of carbonyl (C=O) groups is 1. The molecule has 0 saturated heterocycles. The molecule has 9 nitrogen and oxygen atoms in total. The second kappa shape index (κ2) is 5.59. The normalized spacial score (nSPS) is 13.5. The molecule has 0 fully saturated rings. The fourth-order valence-corrected chi connectivity index (χ4v) is 2.92. The molecule has 1 aliphatic heterocycles. The van der Waals surface area contributed by atoms with Crippen LogP contribution in [0.4, 0.5) is 11.5 Å². The minimum atomic E-state index is -0.547. The zero-order valence-corrected chi connectivity index (χ0v) is 13.8. The zero-order valence-electron chi connectivity index (χ0n) is 13.8. The van der Waals surface area contributed by atoms with E-state index in [2.05, 4.69) is 10.1 Å². The summed E-state index contributed by atoms with van der Waals surface area (Å²) >= 11 is 0. The summed E-state index contributed by atoms with van der Waals surface area (Å²) in [6, 6.07) is 1.24. The third kappa shape index (κ3) is 2.29. The maximum atomic E-state index is 12.7. The second-order valence-electron chi connectivity index (χ2n) is 5.81. The smallest absolute Gasteiger partial charge is 0.331 e. The van der Waals surface area contributed by atoms with E-state index in [1.807, 2.05) is 13.8 Å². The predicted molar refractivity (Wildman–Crippen MR) is 86.0 cm³/mol. The maximum absolute atomic E-state index is 12.7. The average molecular weight is 331 g/mol. The van der Waals surface area contributed by atoms with Gasteiger partial charge < -0.3 is 4.74 Å². The van der Waals surface area contributed by atoms with Gasteiger partial charge in [0.25, 0.3) is 5.88 Å². The Morgan fingerprint density at radius 3 is 2.67 bits per heavy atom. The summed E-state index contributed by atoms with van der Waals surface area (Å²) in [5.74, 6) is 0.0887. The van der Waals surface area contributed by atoms with Crippen LogP contribution in [0.5, 0.6) is 5.88 Å². The van der Waals surface area contributed by atoms with E-state index in [4.69, 9.17) is 4.74 Å². The third-order valence-corrected chi connectivity index (χ3v) is 4.02. The maximum Gasteiger partial charge on any atom is 0.331 e. The Hall–Kier alpha value is -2.97. The molecular formula is C15H17N5O4. The fourth-order valence-electron chi connectivity index (χ4n) is 2.92. The van der Waals surface area contributed by atoms with Crippen LogP contribution in [-0.2, 0) is 18.3 Å². The van der Waals surface area contributed by atoms with Crippen LogP contribution in [0.1, 0.15) is 19.5 Å². The SMILES string of the molecule is COc1nc2c(cc1[N+](=O)[O-])-c1cnn(C)c1CC(=O)N2C(C)C. The molecule has 3 heterocycles. The van der Waals surface area contributed by atoms with Gasteiger partial charge in [0.1, 0.15) is 5.82 Å². The lowest BCUT2D eigenvalue weighted by atomic mass is 10.1. The lowest BCUT2D eigenvalue weighted by Crippen LogP contribution is -2.38. The van der Waals surface area contributed by atoms with Crippen LogP contribution in [0.2, 0.25) is 0 Å². The Balaban J connectivity index is 2.37. The van der Waals surface area contributed by atoms with Gasteiger partial charge >= 0.3 is 5.69 Å². The van der Waals surface area contributed by atoms with Crippen molar-refractivity contribution in [2.75, 3.05) is 12.0 Å². The quantitative estimate of drug-likeness (QED) is 0.626. The highest BCUT2D eigenvalue weighted by Gasteiger charge is 2.34. The molecule has 0 bridgehead atoms. The Labute approximate surface area is 138 Å². The predicted octanol–water partition coefficient (Wildman–Crippen LogP) is 1.70. The molecular weight excluding hydrogens is 314 g/mol. The summed E-state index contributed by atoms with van der Waals surface area (Å²) in [5, 5.41) is 15.5. The first-order valence-electron chi connectivity index (χ1n) is 7.41. The molecule has 0 aliphatic carbocycles. The van der Waals surface area contributed by atoms with E-state index in [1.54, 1.807) is 22.8 Å². The van der Waals surface area contributed by atoms with Crippen molar-refractivity contribution in [1.29, 1.82) is 0 Å². The van der Waals surface area contributed by atoms with Crippen molar-refractivity contribution in [2.45, 2.75) is 26.3 Å². The number of amides is 1. The number of rotatable bonds is 3. The van der Waals surface area contributed by atoms with Gasteiger partial charge in [-0.05, 0) is 13.8 Å². The van der Waals surface area contributed by atoms with Gasteiger partial charge in [0.2, 0.25) is 5.91 Å². The molecule has 0 saturated carbocycles. The van der Waals surface area contributed by atoms with Gasteiger partial charge in [0.05, 0.1) is 30.3 Å². The summed E-state index contributed by atoms with van der Waals surface area (Å²) in [6.45, 7) is 3.73. The standard InChI is InChI=1S/C15H17N5O4/c1-8(2)19-13(21)6-11-10(7-16-18(11)3)9-5-12(20(22)23)15(24-4)17-14(9)19/h5,7-8H,6H2,1-4H3. The van der Waals surface area contributed by atoms with Gasteiger partial charge in [-0.1, -0.05) is 0 Å². The molecule has 0 aromatic carbocycles. The van der Waals surface area contributed by atoms with Crippen molar-refractivity contribution in [1.82, 2.24) is 14.8 Å². The lowest BCUT2D eigenvalue weighted by Gasteiger charge is -2.26. The number of aromatic nitrogens is 3. The molecule has 3 rings (SSSR count). The first-order chi connectivity index (χ1) is 11.3. The molecule has 24 heavy (non-hydrogen) atoms. The van der Waals surface area contributed by atoms with E-state index in [9.17, 15) is 14.9 Å². The number of aryl methyl sites for hydroxylation is 1. The zero-order chi connectivity index (χ0) is 17.6. The van der Waals surface area contributed by atoms with Crippen LogP contribution in [0.25, 0.3) is 11.1 Å². The van der Waals surface area contributed by atoms with E-state index < -0.39 is 4.92 Å². The topological polar surface area (TPSA) is 103 Å². The number of carbonyl (C=O) groups excluding carboxylic acids is 1. The van der Waals surface area contributed by atoms with Crippen LogP contribution in [0.15, 0.2) is 12.3 Å². The number of hydrogen-bond acceptors (Lipinski definition) is 6. The number of fused-ring (bicyclic) bond motifs is 3. The molecule has 0 spiro atoms. The summed E-state index contributed by atoms with van der Waals surface area (Å²) in [6.07, 6.45) is 1.75. The van der Waals surface area contributed by atoms with E-state index >= 15 is 0 Å². The monoisotopic (exact) mass is 331 g/mol. The minimum Gasteiger partial charge on any atom is -0.476 e. The molecule has 1 amide bonds. The van der Waals surface area contributed by atoms with Gasteiger partial charge in [0, 0.05) is 30.3 Å². The number of nitrogens with zero attached hydrogens (tertiary/aromatic N) is 5. The number of hydrogen-bond donors (Lipinski definition) is 0. The summed E-state index contributed by atoms with van der Waals surface area (Å²) in [5.41, 5.74) is 1.63. The molecule has 126 valence electrons. The number of anilines is 1. The van der Waals surface area contributed by atoms with Crippen molar-refractivity contribution < 1.29 is 14.5 Å². The number of ether oxygens (including phenoxy) is 1. The molecule has 0 N–H and O–H groups in total. The van der Waals surface area contributed by atoms with Crippen molar-refractivity contribution in [3.63, 3.8) is 0 Å². The summed E-state index contributed by atoms with van der Waals surface area (Å²) in [7, 11) is 3.05. The Morgan fingerprint density at radius 1 is 1.38 bits per heavy atom. The molecule has 1 aliphatic rings. The van der Waals surface area contributed by atoms with Crippen LogP contribution in [-0.4, -0.2) is 38.7 Å². The molecule has 0 atom stereocenters. The first-order valence-corrected chi connectivity index (χ1v) is 7.41. The van der Waals surface area contributed by atoms with E-state index in [-0.39, 0.29) is 29.9 Å². The van der Waals surface area contributed by atoms with E-state index in [0.717, 1.165) is 0 Å². The van der Waals surface area contributed by atoms with Crippen molar-refractivity contribution in [3.05, 3.63) is 28.1 Å².